The number of aromatic nitrogens is 1. The van der Waals surface area contributed by atoms with Gasteiger partial charge >= 0.3 is 0 Å². The van der Waals surface area contributed by atoms with E-state index >= 15 is 0 Å². The molecule has 6 rings (SSSR count). The molecule has 0 aliphatic heterocycles. The summed E-state index contributed by atoms with van der Waals surface area (Å²) in [7, 11) is 0. The van der Waals surface area contributed by atoms with Gasteiger partial charge in [-0.1, -0.05) is 80.6 Å². The third kappa shape index (κ3) is 2.28. The van der Waals surface area contributed by atoms with Crippen LogP contribution in [0.2, 0.25) is 0 Å². The zero-order valence-electron chi connectivity index (χ0n) is 16.0. The van der Waals surface area contributed by atoms with Gasteiger partial charge in [0.25, 0.3) is 0 Å². The number of para-hydroxylation sites is 4. The van der Waals surface area contributed by atoms with Crippen molar-refractivity contribution in [1.82, 2.24) is 4.57 Å². The highest BCUT2D eigenvalue weighted by Gasteiger charge is 2.16. The zero-order chi connectivity index (χ0) is 19.1. The lowest BCUT2D eigenvalue weighted by Gasteiger charge is -2.08. The molecule has 6 aromatic rings. The van der Waals surface area contributed by atoms with Gasteiger partial charge in [-0.3, -0.25) is 0 Å². The highest BCUT2D eigenvalue weighted by Crippen LogP contribution is 2.37. The predicted octanol–water partition coefficient (Wildman–Crippen LogP) is 7.71. The second kappa shape index (κ2) is 6.58. The first-order chi connectivity index (χ1) is 13.9. The molecule has 0 amide bonds. The van der Waals surface area contributed by atoms with Crippen LogP contribution in [0, 0.1) is 0 Å². The maximum Gasteiger partial charge on any atom is 0.159 e. The molecular formula is C26H21NO. The lowest BCUT2D eigenvalue weighted by Crippen LogP contribution is -1.93. The molecule has 2 heteroatoms. The summed E-state index contributed by atoms with van der Waals surface area (Å²) < 4.78 is 8.60. The van der Waals surface area contributed by atoms with E-state index in [2.05, 4.69) is 83.4 Å². The number of fused-ring (bicyclic) bond motifs is 6. The fourth-order valence-corrected chi connectivity index (χ4v) is 4.09. The van der Waals surface area contributed by atoms with Gasteiger partial charge < -0.3 is 8.98 Å². The standard InChI is InChI=1S/C24H15NO.C2H6/c1-4-12-20-16(8-1)17-9-2-5-13-21(17)25(20)22-14-7-11-19-18-10-3-6-15-23(18)26-24(19)22;1-2/h1-15H;1-2H3. The predicted molar refractivity (Wildman–Crippen MR) is 119 cm³/mol. The average molecular weight is 363 g/mol. The van der Waals surface area contributed by atoms with Crippen molar-refractivity contribution in [2.75, 3.05) is 0 Å². The molecule has 0 aliphatic rings. The van der Waals surface area contributed by atoms with Crippen molar-refractivity contribution in [2.45, 2.75) is 13.8 Å². The van der Waals surface area contributed by atoms with Crippen molar-refractivity contribution in [3.05, 3.63) is 91.0 Å². The Morgan fingerprint density at radius 3 is 1.75 bits per heavy atom. The summed E-state index contributed by atoms with van der Waals surface area (Å²) >= 11 is 0. The van der Waals surface area contributed by atoms with Gasteiger partial charge in [0.15, 0.2) is 5.58 Å². The highest BCUT2D eigenvalue weighted by molar-refractivity contribution is 6.12. The molecule has 0 saturated carbocycles. The molecule has 0 spiro atoms. The number of furan rings is 1. The van der Waals surface area contributed by atoms with Gasteiger partial charge in [0.05, 0.1) is 16.7 Å². The van der Waals surface area contributed by atoms with Crippen LogP contribution >= 0.6 is 0 Å². The van der Waals surface area contributed by atoms with Crippen LogP contribution in [0.15, 0.2) is 95.4 Å². The summed E-state index contributed by atoms with van der Waals surface area (Å²) in [5, 5.41) is 4.83. The molecule has 2 aromatic heterocycles. The van der Waals surface area contributed by atoms with E-state index in [4.69, 9.17) is 4.42 Å². The highest BCUT2D eigenvalue weighted by atomic mass is 16.3. The van der Waals surface area contributed by atoms with Gasteiger partial charge in [0.1, 0.15) is 5.58 Å². The zero-order valence-corrected chi connectivity index (χ0v) is 16.0. The van der Waals surface area contributed by atoms with Gasteiger partial charge in [-0.25, -0.2) is 0 Å². The number of hydrogen-bond donors (Lipinski definition) is 0. The molecular weight excluding hydrogens is 342 g/mol. The minimum Gasteiger partial charge on any atom is -0.454 e. The first-order valence-corrected chi connectivity index (χ1v) is 9.81. The van der Waals surface area contributed by atoms with E-state index in [-0.39, 0.29) is 0 Å². The molecule has 136 valence electrons. The van der Waals surface area contributed by atoms with E-state index in [1.165, 1.54) is 21.8 Å². The second-order valence-electron chi connectivity index (χ2n) is 6.62. The van der Waals surface area contributed by atoms with E-state index in [1.807, 2.05) is 26.0 Å². The van der Waals surface area contributed by atoms with E-state index in [0.29, 0.717) is 0 Å². The summed E-state index contributed by atoms with van der Waals surface area (Å²) in [6.45, 7) is 4.00. The van der Waals surface area contributed by atoms with Gasteiger partial charge in [-0.2, -0.15) is 0 Å². The minimum absolute atomic E-state index is 0.927. The maximum absolute atomic E-state index is 6.28. The Bertz CT molecular complexity index is 1380. The summed E-state index contributed by atoms with van der Waals surface area (Å²) in [6, 6.07) is 31.7. The molecule has 0 atom stereocenters. The lowest BCUT2D eigenvalue weighted by molar-refractivity contribution is 0.666. The topological polar surface area (TPSA) is 18.1 Å². The van der Waals surface area contributed by atoms with Crippen LogP contribution in [0.4, 0.5) is 0 Å². The summed E-state index contributed by atoms with van der Waals surface area (Å²) in [5.74, 6) is 0. The maximum atomic E-state index is 6.28. The summed E-state index contributed by atoms with van der Waals surface area (Å²) in [4.78, 5) is 0. The summed E-state index contributed by atoms with van der Waals surface area (Å²) in [6.07, 6.45) is 0. The van der Waals surface area contributed by atoms with Crippen LogP contribution in [0.1, 0.15) is 13.8 Å². The van der Waals surface area contributed by atoms with Crippen LogP contribution in [-0.2, 0) is 0 Å². The molecule has 4 aromatic carbocycles. The van der Waals surface area contributed by atoms with E-state index in [1.54, 1.807) is 0 Å². The monoisotopic (exact) mass is 363 g/mol. The quantitative estimate of drug-likeness (QED) is 0.292. The van der Waals surface area contributed by atoms with Crippen molar-refractivity contribution < 1.29 is 4.42 Å². The van der Waals surface area contributed by atoms with Gasteiger partial charge in [-0.05, 0) is 24.3 Å². The minimum atomic E-state index is 0.927. The number of rotatable bonds is 1. The largest absolute Gasteiger partial charge is 0.454 e. The van der Waals surface area contributed by atoms with Crippen molar-refractivity contribution in [3.8, 4) is 5.69 Å². The first-order valence-electron chi connectivity index (χ1n) is 9.81. The van der Waals surface area contributed by atoms with Crippen LogP contribution in [0.25, 0.3) is 49.4 Å². The molecule has 0 fully saturated rings. The van der Waals surface area contributed by atoms with Crippen molar-refractivity contribution in [2.24, 2.45) is 0 Å². The number of nitrogens with zero attached hydrogens (tertiary/aromatic N) is 1. The Balaban J connectivity index is 0.000000829. The van der Waals surface area contributed by atoms with Crippen molar-refractivity contribution >= 4 is 43.7 Å². The Labute approximate surface area is 163 Å². The molecule has 0 unspecified atom stereocenters. The fourth-order valence-electron chi connectivity index (χ4n) is 4.09. The number of benzene rings is 4. The van der Waals surface area contributed by atoms with E-state index in [9.17, 15) is 0 Å². The normalized spacial score (nSPS) is 11.2. The molecule has 0 bridgehead atoms. The third-order valence-corrected chi connectivity index (χ3v) is 5.20. The van der Waals surface area contributed by atoms with E-state index in [0.717, 1.165) is 27.6 Å². The fraction of sp³-hybridized carbons (Fsp3) is 0.0769. The van der Waals surface area contributed by atoms with Crippen LogP contribution in [0.3, 0.4) is 0 Å². The Hall–Kier alpha value is -3.52. The third-order valence-electron chi connectivity index (χ3n) is 5.20. The average Bonchev–Trinajstić information content (AvgIpc) is 3.31. The molecule has 28 heavy (non-hydrogen) atoms. The molecule has 0 N–H and O–H groups in total. The SMILES string of the molecule is CC.c1ccc2c(c1)oc1c(-n3c4ccccc4c4ccccc43)cccc12. The Morgan fingerprint density at radius 1 is 0.536 bits per heavy atom. The van der Waals surface area contributed by atoms with Crippen molar-refractivity contribution in [3.63, 3.8) is 0 Å². The van der Waals surface area contributed by atoms with Crippen LogP contribution < -0.4 is 0 Å². The Morgan fingerprint density at radius 2 is 1.07 bits per heavy atom. The van der Waals surface area contributed by atoms with Crippen LogP contribution in [-0.4, -0.2) is 4.57 Å². The van der Waals surface area contributed by atoms with Crippen LogP contribution in [0.5, 0.6) is 0 Å². The Kier molecular flexibility index (Phi) is 3.91. The molecule has 0 saturated heterocycles. The van der Waals surface area contributed by atoms with Crippen molar-refractivity contribution in [1.29, 1.82) is 0 Å². The number of hydrogen-bond acceptors (Lipinski definition) is 1. The second-order valence-corrected chi connectivity index (χ2v) is 6.62. The first kappa shape index (κ1) is 16.6. The molecule has 0 aliphatic carbocycles. The molecule has 0 radical (unpaired) electrons. The molecule has 2 heterocycles. The smallest absolute Gasteiger partial charge is 0.159 e. The summed E-state index contributed by atoms with van der Waals surface area (Å²) in [5.41, 5.74) is 5.33. The van der Waals surface area contributed by atoms with E-state index < -0.39 is 0 Å². The van der Waals surface area contributed by atoms with Gasteiger partial charge in [-0.15, -0.1) is 0 Å². The van der Waals surface area contributed by atoms with Gasteiger partial charge in [0.2, 0.25) is 0 Å². The lowest BCUT2D eigenvalue weighted by atomic mass is 10.1. The van der Waals surface area contributed by atoms with Gasteiger partial charge in [0, 0.05) is 21.5 Å². The molecule has 2 nitrogen and oxygen atoms in total.